The van der Waals surface area contributed by atoms with E-state index in [2.05, 4.69) is 96.9 Å². The van der Waals surface area contributed by atoms with E-state index in [4.69, 9.17) is 9.05 Å². The molecule has 1 aliphatic heterocycles. The van der Waals surface area contributed by atoms with Gasteiger partial charge >= 0.3 is 0 Å². The average molecular weight is 617 g/mol. The van der Waals surface area contributed by atoms with Gasteiger partial charge in [-0.15, -0.1) is 0 Å². The van der Waals surface area contributed by atoms with Gasteiger partial charge in [0, 0.05) is 5.56 Å². The molecule has 7 rings (SSSR count). The number of hydrogen-bond donors (Lipinski definition) is 0. The quantitative estimate of drug-likeness (QED) is 0.158. The summed E-state index contributed by atoms with van der Waals surface area (Å²) in [4.78, 5) is 0. The Balaban J connectivity index is 1.93. The zero-order chi connectivity index (χ0) is 32.6. The van der Waals surface area contributed by atoms with Crippen LogP contribution in [-0.4, -0.2) is 0 Å². The van der Waals surface area contributed by atoms with Crippen molar-refractivity contribution in [1.29, 1.82) is 0 Å². The molecule has 1 spiro atoms. The molecular weight excluding hydrogens is 567 g/mol. The molecule has 0 bridgehead atoms. The highest BCUT2D eigenvalue weighted by Crippen LogP contribution is 2.64. The van der Waals surface area contributed by atoms with Crippen LogP contribution < -0.4 is 4.52 Å². The van der Waals surface area contributed by atoms with Crippen LogP contribution in [0.4, 0.5) is 0 Å². The molecule has 2 nitrogen and oxygen atoms in total. The summed E-state index contributed by atoms with van der Waals surface area (Å²) < 4.78 is 13.5. The predicted molar refractivity (Wildman–Crippen MR) is 190 cm³/mol. The number of benzene rings is 4. The molecular formula is C42H49O2P. The van der Waals surface area contributed by atoms with Crippen molar-refractivity contribution in [3.8, 4) is 5.75 Å². The van der Waals surface area contributed by atoms with E-state index in [1.165, 1.54) is 128 Å². The molecule has 0 fully saturated rings. The van der Waals surface area contributed by atoms with Gasteiger partial charge in [0.15, 0.2) is 0 Å². The first-order valence-electron chi connectivity index (χ1n) is 16.7. The third kappa shape index (κ3) is 3.59. The van der Waals surface area contributed by atoms with Crippen LogP contribution in [0.5, 0.6) is 5.75 Å². The topological polar surface area (TPSA) is 18.5 Å². The summed E-state index contributed by atoms with van der Waals surface area (Å²) in [5.74, 6) is 1.05. The molecule has 45 heavy (non-hydrogen) atoms. The minimum atomic E-state index is -0.512. The Labute approximate surface area is 272 Å². The zero-order valence-corrected chi connectivity index (χ0v) is 30.9. The summed E-state index contributed by atoms with van der Waals surface area (Å²) in [5, 5.41) is 0. The van der Waals surface area contributed by atoms with Gasteiger partial charge in [-0.05, 0) is 232 Å². The SMILES string of the molecule is Cc1c(C)c(C)c2c(c1C)Cc1c(C)c(C)c(C)c3c1[C@@]21c2c(C)c(C)c(C)c(C)c2Cc2c(C)c(C)c(C)c(c21)OPOC3. The van der Waals surface area contributed by atoms with E-state index in [9.17, 15) is 0 Å². The summed E-state index contributed by atoms with van der Waals surface area (Å²) in [6, 6.07) is 0. The summed E-state index contributed by atoms with van der Waals surface area (Å²) in [7, 11) is -0.0517. The fourth-order valence-corrected chi connectivity index (χ4v) is 10.2. The fourth-order valence-electron chi connectivity index (χ4n) is 9.59. The molecule has 0 amide bonds. The van der Waals surface area contributed by atoms with Gasteiger partial charge in [-0.2, -0.15) is 0 Å². The third-order valence-electron chi connectivity index (χ3n) is 13.3. The normalized spacial score (nSPS) is 18.4. The monoisotopic (exact) mass is 616 g/mol. The van der Waals surface area contributed by atoms with Crippen LogP contribution in [0.25, 0.3) is 0 Å². The molecule has 4 aromatic rings. The first kappa shape index (κ1) is 30.7. The van der Waals surface area contributed by atoms with E-state index in [0.717, 1.165) is 18.6 Å². The predicted octanol–water partition coefficient (Wildman–Crippen LogP) is 10.6. The van der Waals surface area contributed by atoms with Gasteiger partial charge in [0.25, 0.3) is 0 Å². The number of hydrogen-bond acceptors (Lipinski definition) is 2. The largest absolute Gasteiger partial charge is 0.449 e. The molecule has 2 atom stereocenters. The first-order chi connectivity index (χ1) is 21.2. The molecule has 3 heteroatoms. The van der Waals surface area contributed by atoms with Crippen LogP contribution in [-0.2, 0) is 29.4 Å². The number of rotatable bonds is 0. The second kappa shape index (κ2) is 10.0. The van der Waals surface area contributed by atoms with Gasteiger partial charge in [-0.25, -0.2) is 0 Å². The molecule has 1 heterocycles. The van der Waals surface area contributed by atoms with Gasteiger partial charge in [0.05, 0.1) is 12.0 Å². The standard InChI is InChI=1S/C42H49O2P/c1-18-20(3)29(12)37-32(24(18)7)15-34-26(9)22(5)28(11)36-17-43-45-44-41-31(14)23(6)27(10)35-16-33-25(8)19(2)21(4)30(13)38(33)42(37,39(34)36)40(35)41/h45H,15-17H2,1-14H3/t42-/m0/s1. The Kier molecular flexibility index (Phi) is 6.85. The lowest BCUT2D eigenvalue weighted by atomic mass is 9.50. The van der Waals surface area contributed by atoms with E-state index in [1.807, 2.05) is 0 Å². The van der Waals surface area contributed by atoms with Gasteiger partial charge in [-0.1, -0.05) is 0 Å². The summed E-state index contributed by atoms with van der Waals surface area (Å²) >= 11 is 0. The van der Waals surface area contributed by atoms with Crippen molar-refractivity contribution in [2.75, 3.05) is 0 Å². The molecule has 0 aromatic heterocycles. The number of fused-ring (bicyclic) bond motifs is 2. The van der Waals surface area contributed by atoms with Crippen molar-refractivity contribution in [2.45, 2.75) is 122 Å². The molecule has 0 N–H and O–H groups in total. The minimum Gasteiger partial charge on any atom is -0.449 e. The van der Waals surface area contributed by atoms with Gasteiger partial charge in [0.2, 0.25) is 9.03 Å². The summed E-state index contributed by atoms with van der Waals surface area (Å²) in [6.07, 6.45) is 1.89. The summed E-state index contributed by atoms with van der Waals surface area (Å²) in [6.45, 7) is 33.5. The Hall–Kier alpha value is -2.93. The molecule has 0 saturated heterocycles. The van der Waals surface area contributed by atoms with Crippen molar-refractivity contribution in [3.05, 3.63) is 128 Å². The van der Waals surface area contributed by atoms with Crippen molar-refractivity contribution >= 4 is 9.03 Å². The van der Waals surface area contributed by atoms with Crippen LogP contribution in [0.15, 0.2) is 0 Å². The van der Waals surface area contributed by atoms with E-state index in [1.54, 1.807) is 0 Å². The van der Waals surface area contributed by atoms with Crippen LogP contribution in [0, 0.1) is 96.9 Å². The van der Waals surface area contributed by atoms with Crippen LogP contribution in [0.2, 0.25) is 0 Å². The second-order valence-corrected chi connectivity index (χ2v) is 15.2. The smallest absolute Gasteiger partial charge is 0.215 e. The van der Waals surface area contributed by atoms with Gasteiger partial charge < -0.3 is 9.05 Å². The van der Waals surface area contributed by atoms with Crippen molar-refractivity contribution in [3.63, 3.8) is 0 Å². The molecule has 4 aromatic carbocycles. The molecule has 1 unspecified atom stereocenters. The van der Waals surface area contributed by atoms with Crippen LogP contribution >= 0.6 is 9.03 Å². The maximum absolute atomic E-state index is 6.93. The van der Waals surface area contributed by atoms with Crippen LogP contribution in [0.1, 0.15) is 128 Å². The highest BCUT2D eigenvalue weighted by molar-refractivity contribution is 7.26. The van der Waals surface area contributed by atoms with Crippen LogP contribution in [0.3, 0.4) is 0 Å². The van der Waals surface area contributed by atoms with Crippen molar-refractivity contribution in [2.24, 2.45) is 0 Å². The molecule has 3 aliphatic rings. The van der Waals surface area contributed by atoms with E-state index in [0.29, 0.717) is 6.61 Å². The maximum atomic E-state index is 6.93. The first-order valence-corrected chi connectivity index (χ1v) is 17.5. The third-order valence-corrected chi connectivity index (χ3v) is 13.9. The Morgan fingerprint density at radius 2 is 0.733 bits per heavy atom. The Bertz CT molecular complexity index is 1890. The van der Waals surface area contributed by atoms with E-state index in [-0.39, 0.29) is 9.03 Å². The lowest BCUT2D eigenvalue weighted by Crippen LogP contribution is -2.44. The molecule has 0 saturated carbocycles. The van der Waals surface area contributed by atoms with Crippen molar-refractivity contribution in [1.82, 2.24) is 0 Å². The van der Waals surface area contributed by atoms with E-state index >= 15 is 0 Å². The lowest BCUT2D eigenvalue weighted by Gasteiger charge is -2.51. The molecule has 234 valence electrons. The average Bonchev–Trinajstić information content (AvgIpc) is 3.10. The second-order valence-electron chi connectivity index (χ2n) is 14.5. The molecule has 0 radical (unpaired) electrons. The minimum absolute atomic E-state index is 0.0517. The Morgan fingerprint density at radius 1 is 0.378 bits per heavy atom. The zero-order valence-electron chi connectivity index (χ0n) is 29.9. The highest BCUT2D eigenvalue weighted by Gasteiger charge is 2.55. The Morgan fingerprint density at radius 3 is 1.22 bits per heavy atom. The highest BCUT2D eigenvalue weighted by atomic mass is 31.1. The lowest BCUT2D eigenvalue weighted by molar-refractivity contribution is 0.318. The fraction of sp³-hybridized carbons (Fsp3) is 0.429. The molecule has 2 aliphatic carbocycles. The van der Waals surface area contributed by atoms with Crippen molar-refractivity contribution < 1.29 is 9.05 Å². The maximum Gasteiger partial charge on any atom is 0.215 e. The van der Waals surface area contributed by atoms with Gasteiger partial charge in [0.1, 0.15) is 5.75 Å². The summed E-state index contributed by atoms with van der Waals surface area (Å²) in [5.41, 5.74) is 32.3. The van der Waals surface area contributed by atoms with Gasteiger partial charge in [-0.3, -0.25) is 0 Å². The van der Waals surface area contributed by atoms with E-state index < -0.39 is 5.41 Å².